The Morgan fingerprint density at radius 1 is 1.75 bits per heavy atom. The highest BCUT2D eigenvalue weighted by Crippen LogP contribution is 2.21. The zero-order valence-electron chi connectivity index (χ0n) is 7.29. The molecule has 5 heteroatoms. The molecule has 0 unspecified atom stereocenters. The summed E-state index contributed by atoms with van der Waals surface area (Å²) in [5.74, 6) is -1.63. The van der Waals surface area contributed by atoms with Crippen molar-refractivity contribution < 1.29 is 19.1 Å². The smallest absolute Gasteiger partial charge is 0.394 e. The third-order valence-corrected chi connectivity index (χ3v) is 1.34. The number of hydrogen-bond donors (Lipinski definition) is 0. The van der Waals surface area contributed by atoms with Gasteiger partial charge < -0.3 is 14.3 Å². The fourth-order valence-corrected chi connectivity index (χ4v) is 0.812. The second-order valence-corrected chi connectivity index (χ2v) is 2.47. The summed E-state index contributed by atoms with van der Waals surface area (Å²) in [5, 5.41) is 3.49. The Kier molecular flexibility index (Phi) is 2.21. The van der Waals surface area contributed by atoms with E-state index >= 15 is 0 Å². The van der Waals surface area contributed by atoms with Crippen LogP contribution >= 0.6 is 0 Å². The van der Waals surface area contributed by atoms with Crippen molar-refractivity contribution in [2.45, 2.75) is 26.6 Å². The molecule has 1 atom stereocenters. The second kappa shape index (κ2) is 3.00. The third kappa shape index (κ3) is 1.49. The minimum absolute atomic E-state index is 0.292. The van der Waals surface area contributed by atoms with Gasteiger partial charge in [0.1, 0.15) is 0 Å². The van der Waals surface area contributed by atoms with E-state index in [2.05, 4.69) is 5.16 Å². The third-order valence-electron chi connectivity index (χ3n) is 1.34. The van der Waals surface area contributed by atoms with Gasteiger partial charge in [-0.05, 0) is 12.1 Å². The lowest BCUT2D eigenvalue weighted by atomic mass is 10.3. The largest absolute Gasteiger partial charge is 0.460 e. The van der Waals surface area contributed by atoms with Crippen molar-refractivity contribution in [3.8, 4) is 0 Å². The van der Waals surface area contributed by atoms with Gasteiger partial charge in [-0.15, -0.1) is 0 Å². The first-order valence-corrected chi connectivity index (χ1v) is 3.67. The van der Waals surface area contributed by atoms with Crippen LogP contribution in [-0.2, 0) is 19.1 Å². The topological polar surface area (TPSA) is 57.1 Å². The van der Waals surface area contributed by atoms with Gasteiger partial charge in [0.2, 0.25) is 5.90 Å². The summed E-state index contributed by atoms with van der Waals surface area (Å²) < 4.78 is 9.73. The van der Waals surface area contributed by atoms with Crippen molar-refractivity contribution in [2.24, 2.45) is 5.16 Å². The molecular formula is C7H11NO4. The maximum atomic E-state index is 11.2. The summed E-state index contributed by atoms with van der Waals surface area (Å²) in [6.07, 6.45) is 0. The van der Waals surface area contributed by atoms with E-state index < -0.39 is 11.8 Å². The molecule has 0 aromatic heterocycles. The van der Waals surface area contributed by atoms with Gasteiger partial charge in [0.25, 0.3) is 0 Å². The number of nitrogens with zero attached hydrogens (tertiary/aromatic N) is 1. The van der Waals surface area contributed by atoms with Gasteiger partial charge in [-0.2, -0.15) is 0 Å². The second-order valence-electron chi connectivity index (χ2n) is 2.47. The van der Waals surface area contributed by atoms with Crippen molar-refractivity contribution in [1.82, 2.24) is 0 Å². The van der Waals surface area contributed by atoms with Crippen LogP contribution in [0.1, 0.15) is 20.8 Å². The molecule has 0 saturated heterocycles. The number of rotatable bonds is 2. The molecule has 12 heavy (non-hydrogen) atoms. The number of ether oxygens (including phenoxy) is 2. The van der Waals surface area contributed by atoms with E-state index in [-0.39, 0.29) is 0 Å². The molecule has 0 amide bonds. The van der Waals surface area contributed by atoms with E-state index in [1.54, 1.807) is 13.8 Å². The molecule has 0 N–H and O–H groups in total. The average molecular weight is 173 g/mol. The van der Waals surface area contributed by atoms with E-state index in [9.17, 15) is 4.79 Å². The fraction of sp³-hybridized carbons (Fsp3) is 0.714. The molecule has 0 spiro atoms. The van der Waals surface area contributed by atoms with Gasteiger partial charge in [-0.1, -0.05) is 0 Å². The summed E-state index contributed by atoms with van der Waals surface area (Å²) in [5.41, 5.74) is 0. The molecule has 1 aliphatic rings. The van der Waals surface area contributed by atoms with Crippen LogP contribution in [0.5, 0.6) is 0 Å². The standard InChI is InChI=1S/C7H11NO4/c1-4-10-6(9)7(3)11-5(2)8-12-7/h4H2,1-3H3/t7-/m1/s1. The van der Waals surface area contributed by atoms with Gasteiger partial charge in [0.05, 0.1) is 6.61 Å². The monoisotopic (exact) mass is 173 g/mol. The maximum absolute atomic E-state index is 11.2. The van der Waals surface area contributed by atoms with E-state index in [1.807, 2.05) is 0 Å². The molecule has 68 valence electrons. The summed E-state index contributed by atoms with van der Waals surface area (Å²) in [4.78, 5) is 15.9. The van der Waals surface area contributed by atoms with Gasteiger partial charge in [-0.25, -0.2) is 4.79 Å². The molecule has 1 heterocycles. The highest BCUT2D eigenvalue weighted by atomic mass is 16.8. The molecule has 0 aliphatic carbocycles. The Hall–Kier alpha value is -1.26. The zero-order valence-corrected chi connectivity index (χ0v) is 7.29. The number of carbonyl (C=O) groups excluding carboxylic acids is 1. The average Bonchev–Trinajstić information content (AvgIpc) is 2.33. The van der Waals surface area contributed by atoms with Crippen molar-refractivity contribution >= 4 is 11.9 Å². The van der Waals surface area contributed by atoms with Gasteiger partial charge in [0.15, 0.2) is 0 Å². The number of oxime groups is 1. The Labute approximate surface area is 70.3 Å². The highest BCUT2D eigenvalue weighted by Gasteiger charge is 2.44. The SMILES string of the molecule is CCOC(=O)[C@@]1(C)ON=C(C)O1. The first-order chi connectivity index (χ1) is 5.58. The summed E-state index contributed by atoms with van der Waals surface area (Å²) in [7, 11) is 0. The Morgan fingerprint density at radius 3 is 2.83 bits per heavy atom. The van der Waals surface area contributed by atoms with E-state index in [0.717, 1.165) is 0 Å². The summed E-state index contributed by atoms with van der Waals surface area (Å²) in [6, 6.07) is 0. The van der Waals surface area contributed by atoms with Crippen LogP contribution in [0.3, 0.4) is 0 Å². The lowest BCUT2D eigenvalue weighted by Gasteiger charge is -2.17. The maximum Gasteiger partial charge on any atom is 0.394 e. The first kappa shape index (κ1) is 8.83. The predicted octanol–water partition coefficient (Wildman–Crippen LogP) is 0.646. The van der Waals surface area contributed by atoms with Crippen molar-refractivity contribution in [2.75, 3.05) is 6.61 Å². The molecule has 0 saturated carbocycles. The molecule has 0 radical (unpaired) electrons. The summed E-state index contributed by atoms with van der Waals surface area (Å²) >= 11 is 0. The van der Waals surface area contributed by atoms with E-state index in [0.29, 0.717) is 12.5 Å². The first-order valence-electron chi connectivity index (χ1n) is 3.67. The molecule has 5 nitrogen and oxygen atoms in total. The van der Waals surface area contributed by atoms with Crippen LogP contribution in [0, 0.1) is 0 Å². The van der Waals surface area contributed by atoms with E-state index in [1.165, 1.54) is 6.92 Å². The van der Waals surface area contributed by atoms with Crippen LogP contribution in [0.4, 0.5) is 0 Å². The normalized spacial score (nSPS) is 27.1. The van der Waals surface area contributed by atoms with Crippen LogP contribution in [-0.4, -0.2) is 24.3 Å². The lowest BCUT2D eigenvalue weighted by Crippen LogP contribution is -2.39. The molecule has 0 aromatic rings. The molecule has 0 aromatic carbocycles. The van der Waals surface area contributed by atoms with Gasteiger partial charge in [-0.3, -0.25) is 0 Å². The van der Waals surface area contributed by atoms with Crippen molar-refractivity contribution in [3.63, 3.8) is 0 Å². The Balaban J connectivity index is 2.57. The van der Waals surface area contributed by atoms with Crippen LogP contribution in [0.2, 0.25) is 0 Å². The number of hydrogen-bond acceptors (Lipinski definition) is 5. The quantitative estimate of drug-likeness (QED) is 0.575. The minimum Gasteiger partial charge on any atom is -0.460 e. The molecule has 0 bridgehead atoms. The predicted molar refractivity (Wildman–Crippen MR) is 40.3 cm³/mol. The minimum atomic E-state index is -1.39. The fourth-order valence-electron chi connectivity index (χ4n) is 0.812. The zero-order chi connectivity index (χ0) is 9.19. The molecule has 1 rings (SSSR count). The number of esters is 1. The Bertz CT molecular complexity index is 225. The molecule has 0 fully saturated rings. The molecule has 1 aliphatic heterocycles. The Morgan fingerprint density at radius 2 is 2.42 bits per heavy atom. The summed E-state index contributed by atoms with van der Waals surface area (Å²) in [6.45, 7) is 5.07. The van der Waals surface area contributed by atoms with Gasteiger partial charge in [0, 0.05) is 13.8 Å². The van der Waals surface area contributed by atoms with Crippen LogP contribution in [0.25, 0.3) is 0 Å². The van der Waals surface area contributed by atoms with E-state index in [4.69, 9.17) is 14.3 Å². The van der Waals surface area contributed by atoms with Gasteiger partial charge >= 0.3 is 11.8 Å². The highest BCUT2D eigenvalue weighted by molar-refractivity contribution is 5.84. The van der Waals surface area contributed by atoms with Crippen molar-refractivity contribution in [3.05, 3.63) is 0 Å². The number of carbonyl (C=O) groups is 1. The molecular weight excluding hydrogens is 162 g/mol. The van der Waals surface area contributed by atoms with Crippen LogP contribution < -0.4 is 0 Å². The van der Waals surface area contributed by atoms with Crippen molar-refractivity contribution in [1.29, 1.82) is 0 Å². The lowest BCUT2D eigenvalue weighted by molar-refractivity contribution is -0.201. The van der Waals surface area contributed by atoms with Crippen LogP contribution in [0.15, 0.2) is 5.16 Å².